The van der Waals surface area contributed by atoms with Gasteiger partial charge in [-0.05, 0) is 51.0 Å². The zero-order valence-electron chi connectivity index (χ0n) is 22.4. The Bertz CT molecular complexity index is 1440. The van der Waals surface area contributed by atoms with E-state index in [1.807, 2.05) is 0 Å². The molecule has 0 saturated carbocycles. The Kier molecular flexibility index (Phi) is 8.31. The maximum atomic E-state index is 14.4. The fourth-order valence-corrected chi connectivity index (χ4v) is 4.51. The molecule has 0 fully saturated rings. The molecule has 1 N–H and O–H groups in total. The number of pyridine rings is 1. The van der Waals surface area contributed by atoms with Gasteiger partial charge < -0.3 is 19.5 Å². The number of carbonyl (C=O) groups excluding carboxylic acids is 2. The van der Waals surface area contributed by atoms with E-state index in [-0.39, 0.29) is 43.0 Å². The Labute approximate surface area is 231 Å². The smallest absolute Gasteiger partial charge is 0.444 e. The van der Waals surface area contributed by atoms with E-state index >= 15 is 0 Å². The van der Waals surface area contributed by atoms with E-state index in [1.165, 1.54) is 17.3 Å². The van der Waals surface area contributed by atoms with Gasteiger partial charge in [0.25, 0.3) is 0 Å². The lowest BCUT2D eigenvalue weighted by molar-refractivity contribution is -0.148. The molecule has 1 aliphatic heterocycles. The normalized spacial score (nSPS) is 14.4. The Morgan fingerprint density at radius 3 is 2.41 bits per heavy atom. The van der Waals surface area contributed by atoms with Crippen molar-refractivity contribution in [2.24, 2.45) is 0 Å². The highest BCUT2D eigenvalue weighted by atomic mass is 19.4. The zero-order valence-corrected chi connectivity index (χ0v) is 22.4. The molecule has 4 rings (SSSR count). The third-order valence-corrected chi connectivity index (χ3v) is 6.25. The first-order chi connectivity index (χ1) is 19.1. The van der Waals surface area contributed by atoms with E-state index in [0.717, 1.165) is 4.57 Å². The van der Waals surface area contributed by atoms with Crippen LogP contribution in [-0.4, -0.2) is 49.6 Å². The van der Waals surface area contributed by atoms with Crippen LogP contribution in [0.15, 0.2) is 36.7 Å². The number of hydrogen-bond acceptors (Lipinski definition) is 5. The van der Waals surface area contributed by atoms with Gasteiger partial charge in [-0.2, -0.15) is 13.2 Å². The summed E-state index contributed by atoms with van der Waals surface area (Å²) in [5.41, 5.74) is -0.693. The van der Waals surface area contributed by atoms with Gasteiger partial charge in [0.15, 0.2) is 11.6 Å². The minimum atomic E-state index is -4.74. The molecule has 41 heavy (non-hydrogen) atoms. The molecular weight excluding hydrogens is 556 g/mol. The van der Waals surface area contributed by atoms with E-state index < -0.39 is 59.5 Å². The molecule has 8 nitrogen and oxygen atoms in total. The molecule has 0 radical (unpaired) electrons. The summed E-state index contributed by atoms with van der Waals surface area (Å²) in [6, 6.07) is 2.98. The molecule has 2 amide bonds. The van der Waals surface area contributed by atoms with Gasteiger partial charge in [0.05, 0.1) is 17.9 Å². The van der Waals surface area contributed by atoms with Crippen LogP contribution in [-0.2, 0) is 35.2 Å². The number of benzene rings is 1. The second-order valence-electron chi connectivity index (χ2n) is 10.5. The Morgan fingerprint density at radius 2 is 1.78 bits per heavy atom. The van der Waals surface area contributed by atoms with Gasteiger partial charge in [0.1, 0.15) is 11.4 Å². The van der Waals surface area contributed by atoms with Crippen molar-refractivity contribution in [2.45, 2.75) is 64.5 Å². The topological polar surface area (TPSA) is 89.4 Å². The zero-order chi connectivity index (χ0) is 30.1. The van der Waals surface area contributed by atoms with Gasteiger partial charge in [-0.1, -0.05) is 0 Å². The summed E-state index contributed by atoms with van der Waals surface area (Å²) in [6.45, 7) is 4.28. The molecule has 3 aromatic rings. The van der Waals surface area contributed by atoms with Gasteiger partial charge in [-0.3, -0.25) is 9.78 Å². The molecular formula is C27H27F6N5O3. The quantitative estimate of drug-likeness (QED) is 0.317. The summed E-state index contributed by atoms with van der Waals surface area (Å²) in [7, 11) is 0. The lowest BCUT2D eigenvalue weighted by Crippen LogP contribution is -2.45. The SMILES string of the molecule is CC(C)(C)OC(=O)N[C@@H](CC(=O)N1CCn2c(C(F)(F)F)nc(-c3cccnc3)c2C1)Cc1cc(F)c(F)cc1F. The number of amides is 2. The number of imidazole rings is 1. The summed E-state index contributed by atoms with van der Waals surface area (Å²) in [6.07, 6.45) is -3.66. The summed E-state index contributed by atoms with van der Waals surface area (Å²) in [4.78, 5) is 34.9. The maximum absolute atomic E-state index is 14.4. The molecule has 1 aliphatic rings. The fraction of sp³-hybridized carbons (Fsp3) is 0.407. The molecule has 0 aliphatic carbocycles. The number of rotatable bonds is 6. The lowest BCUT2D eigenvalue weighted by Gasteiger charge is -2.31. The van der Waals surface area contributed by atoms with Crippen LogP contribution in [0, 0.1) is 17.5 Å². The average molecular weight is 584 g/mol. The van der Waals surface area contributed by atoms with Crippen molar-refractivity contribution in [3.8, 4) is 11.3 Å². The predicted octanol–water partition coefficient (Wildman–Crippen LogP) is 5.25. The number of hydrogen-bond donors (Lipinski definition) is 1. The number of aromatic nitrogens is 3. The fourth-order valence-electron chi connectivity index (χ4n) is 4.51. The summed E-state index contributed by atoms with van der Waals surface area (Å²) >= 11 is 0. The van der Waals surface area contributed by atoms with Gasteiger partial charge in [0, 0.05) is 49.6 Å². The number of alkyl carbamates (subject to hydrolysis) is 1. The number of nitrogens with one attached hydrogen (secondary N) is 1. The number of carbonyl (C=O) groups is 2. The largest absolute Gasteiger partial charge is 0.449 e. The second-order valence-corrected chi connectivity index (χ2v) is 10.5. The number of alkyl halides is 3. The second kappa shape index (κ2) is 11.4. The Morgan fingerprint density at radius 1 is 1.07 bits per heavy atom. The van der Waals surface area contributed by atoms with Gasteiger partial charge in [-0.15, -0.1) is 0 Å². The molecule has 0 bridgehead atoms. The molecule has 0 saturated heterocycles. The number of halogens is 6. The van der Waals surface area contributed by atoms with Crippen LogP contribution < -0.4 is 5.32 Å². The third kappa shape index (κ3) is 7.16. The highest BCUT2D eigenvalue weighted by molar-refractivity contribution is 5.78. The first-order valence-corrected chi connectivity index (χ1v) is 12.6. The number of nitrogens with zero attached hydrogens (tertiary/aromatic N) is 4. The average Bonchev–Trinajstić information content (AvgIpc) is 3.26. The van der Waals surface area contributed by atoms with Crippen molar-refractivity contribution in [3.05, 3.63) is 71.2 Å². The summed E-state index contributed by atoms with van der Waals surface area (Å²) < 4.78 is 89.2. The number of ether oxygens (including phenoxy) is 1. The van der Waals surface area contributed by atoms with Crippen molar-refractivity contribution >= 4 is 12.0 Å². The minimum absolute atomic E-state index is 0.0233. The van der Waals surface area contributed by atoms with Crippen molar-refractivity contribution in [1.82, 2.24) is 24.8 Å². The maximum Gasteiger partial charge on any atom is 0.449 e. The first kappa shape index (κ1) is 29.9. The Balaban J connectivity index is 1.59. The molecule has 14 heteroatoms. The van der Waals surface area contributed by atoms with Crippen LogP contribution in [0.2, 0.25) is 0 Å². The molecule has 1 aromatic carbocycles. The van der Waals surface area contributed by atoms with E-state index in [4.69, 9.17) is 4.74 Å². The van der Waals surface area contributed by atoms with Gasteiger partial charge >= 0.3 is 12.3 Å². The highest BCUT2D eigenvalue weighted by Gasteiger charge is 2.41. The summed E-state index contributed by atoms with van der Waals surface area (Å²) in [5, 5.41) is 2.47. The Hall–Kier alpha value is -4.10. The number of fused-ring (bicyclic) bond motifs is 1. The van der Waals surface area contributed by atoms with Gasteiger partial charge in [-0.25, -0.2) is 22.9 Å². The first-order valence-electron chi connectivity index (χ1n) is 12.6. The highest BCUT2D eigenvalue weighted by Crippen LogP contribution is 2.35. The van der Waals surface area contributed by atoms with Crippen LogP contribution in [0.5, 0.6) is 0 Å². The molecule has 3 heterocycles. The molecule has 0 spiro atoms. The van der Waals surface area contributed by atoms with E-state index in [0.29, 0.717) is 17.7 Å². The van der Waals surface area contributed by atoms with E-state index in [1.54, 1.807) is 32.9 Å². The van der Waals surface area contributed by atoms with Gasteiger partial charge in [0.2, 0.25) is 11.7 Å². The van der Waals surface area contributed by atoms with E-state index in [2.05, 4.69) is 15.3 Å². The molecule has 2 aromatic heterocycles. The van der Waals surface area contributed by atoms with Crippen molar-refractivity contribution in [1.29, 1.82) is 0 Å². The third-order valence-electron chi connectivity index (χ3n) is 6.25. The minimum Gasteiger partial charge on any atom is -0.444 e. The van der Waals surface area contributed by atoms with Crippen LogP contribution in [0.1, 0.15) is 44.3 Å². The van der Waals surface area contributed by atoms with Crippen LogP contribution in [0.4, 0.5) is 31.1 Å². The predicted molar refractivity (Wildman–Crippen MR) is 134 cm³/mol. The van der Waals surface area contributed by atoms with Crippen molar-refractivity contribution < 1.29 is 40.7 Å². The summed E-state index contributed by atoms with van der Waals surface area (Å²) in [5.74, 6) is -5.46. The van der Waals surface area contributed by atoms with Crippen LogP contribution in [0.3, 0.4) is 0 Å². The molecule has 1 atom stereocenters. The van der Waals surface area contributed by atoms with Crippen molar-refractivity contribution in [2.75, 3.05) is 6.54 Å². The standard InChI is InChI=1S/C27H27F6N5O3/c1-26(2,3)41-25(40)35-17(9-16-10-19(29)20(30)12-18(16)28)11-22(39)37-7-8-38-21(14-37)23(15-5-4-6-34-13-15)36-24(38)27(31,32)33/h4-6,10,12-13,17H,7-9,11,14H2,1-3H3,(H,35,40)/t17-/m1/s1. The van der Waals surface area contributed by atoms with Crippen LogP contribution in [0.25, 0.3) is 11.3 Å². The van der Waals surface area contributed by atoms with Crippen molar-refractivity contribution in [3.63, 3.8) is 0 Å². The molecule has 220 valence electrons. The van der Waals surface area contributed by atoms with Crippen LogP contribution >= 0.6 is 0 Å². The lowest BCUT2D eigenvalue weighted by atomic mass is 10.0. The molecule has 0 unspecified atom stereocenters. The van der Waals surface area contributed by atoms with E-state index in [9.17, 15) is 35.9 Å². The monoisotopic (exact) mass is 583 g/mol.